The van der Waals surface area contributed by atoms with Crippen LogP contribution < -0.4 is 0 Å². The van der Waals surface area contributed by atoms with Crippen LogP contribution in [0.2, 0.25) is 0 Å². The quantitative estimate of drug-likeness (QED) is 0.880. The average Bonchev–Trinajstić information content (AvgIpc) is 3.04. The van der Waals surface area contributed by atoms with Crippen LogP contribution in [-0.2, 0) is 16.1 Å². The first kappa shape index (κ1) is 14.2. The van der Waals surface area contributed by atoms with E-state index in [1.54, 1.807) is 17.6 Å². The van der Waals surface area contributed by atoms with Crippen molar-refractivity contribution >= 4 is 17.3 Å². The van der Waals surface area contributed by atoms with Gasteiger partial charge in [0.2, 0.25) is 0 Å². The second-order valence-electron chi connectivity index (χ2n) is 5.40. The van der Waals surface area contributed by atoms with E-state index in [0.29, 0.717) is 13.1 Å². The van der Waals surface area contributed by atoms with E-state index >= 15 is 0 Å². The minimum atomic E-state index is -0.933. The van der Waals surface area contributed by atoms with Gasteiger partial charge in [-0.3, -0.25) is 4.90 Å². The summed E-state index contributed by atoms with van der Waals surface area (Å²) in [4.78, 5) is 17.2. The number of aromatic nitrogens is 1. The Labute approximate surface area is 126 Å². The van der Waals surface area contributed by atoms with Crippen molar-refractivity contribution in [1.29, 1.82) is 0 Å². The molecule has 0 radical (unpaired) electrons. The zero-order valence-electron chi connectivity index (χ0n) is 11.6. The topological polar surface area (TPSA) is 75.8 Å². The molecule has 1 aliphatic heterocycles. The van der Waals surface area contributed by atoms with Gasteiger partial charge < -0.3 is 14.3 Å². The maximum Gasteiger partial charge on any atom is 0.329 e. The van der Waals surface area contributed by atoms with Gasteiger partial charge in [0, 0.05) is 25.0 Å². The second-order valence-corrected chi connectivity index (χ2v) is 6.26. The van der Waals surface area contributed by atoms with E-state index < -0.39 is 5.97 Å². The van der Waals surface area contributed by atoms with Crippen LogP contribution in [-0.4, -0.2) is 46.3 Å². The summed E-state index contributed by atoms with van der Waals surface area (Å²) >= 11 is 1.56. The molecule has 0 unspecified atom stereocenters. The summed E-state index contributed by atoms with van der Waals surface area (Å²) in [6, 6.07) is 3.74. The highest BCUT2D eigenvalue weighted by atomic mass is 32.1. The zero-order chi connectivity index (χ0) is 14.9. The lowest BCUT2D eigenvalue weighted by atomic mass is 9.96. The van der Waals surface area contributed by atoms with Gasteiger partial charge in [-0.1, -0.05) is 0 Å². The van der Waals surface area contributed by atoms with Gasteiger partial charge in [0.15, 0.2) is 10.8 Å². The van der Waals surface area contributed by atoms with Crippen LogP contribution in [0.25, 0.3) is 10.8 Å². The molecule has 1 aliphatic rings. The summed E-state index contributed by atoms with van der Waals surface area (Å²) < 4.78 is 10.7. The molecular weight excluding hydrogens is 292 g/mol. The molecule has 1 saturated heterocycles. The van der Waals surface area contributed by atoms with E-state index in [1.807, 2.05) is 24.4 Å². The maximum absolute atomic E-state index is 10.5. The fourth-order valence-electron chi connectivity index (χ4n) is 2.46. The molecule has 2 aromatic heterocycles. The van der Waals surface area contributed by atoms with Gasteiger partial charge >= 0.3 is 5.97 Å². The number of likely N-dealkylation sites (tertiary alicyclic amines) is 1. The molecular formula is C14H16N2O4S. The monoisotopic (exact) mass is 308 g/mol. The third-order valence-corrected chi connectivity index (χ3v) is 4.24. The Hall–Kier alpha value is -1.70. The molecule has 2 aromatic rings. The molecule has 0 amide bonds. The van der Waals surface area contributed by atoms with Gasteiger partial charge in [-0.2, -0.15) is 0 Å². The Balaban J connectivity index is 1.52. The summed E-state index contributed by atoms with van der Waals surface area (Å²) in [6.07, 6.45) is 1.64. The number of carboxylic acid groups (broad SMARTS) is 1. The first-order valence-electron chi connectivity index (χ1n) is 6.60. The molecule has 0 spiro atoms. The van der Waals surface area contributed by atoms with Gasteiger partial charge in [-0.25, -0.2) is 9.78 Å². The summed E-state index contributed by atoms with van der Waals surface area (Å²) in [5.74, 6) is -0.151. The van der Waals surface area contributed by atoms with Crippen molar-refractivity contribution in [1.82, 2.24) is 9.88 Å². The van der Waals surface area contributed by atoms with Gasteiger partial charge in [0.1, 0.15) is 6.61 Å². The number of nitrogens with zero attached hydrogens (tertiary/aromatic N) is 2. The van der Waals surface area contributed by atoms with Gasteiger partial charge in [0.25, 0.3) is 0 Å². The second kappa shape index (κ2) is 5.59. The molecule has 0 aliphatic carbocycles. The molecule has 6 nitrogen and oxygen atoms in total. The van der Waals surface area contributed by atoms with E-state index in [1.165, 1.54) is 0 Å². The Kier molecular flexibility index (Phi) is 3.79. The number of hydrogen-bond acceptors (Lipinski definition) is 6. The van der Waals surface area contributed by atoms with Crippen molar-refractivity contribution in [2.45, 2.75) is 19.1 Å². The Morgan fingerprint density at radius 1 is 1.62 bits per heavy atom. The third-order valence-electron chi connectivity index (χ3n) is 3.33. The van der Waals surface area contributed by atoms with Crippen molar-refractivity contribution < 1.29 is 19.1 Å². The van der Waals surface area contributed by atoms with Crippen molar-refractivity contribution in [2.75, 3.05) is 19.7 Å². The number of ether oxygens (including phenoxy) is 1. The van der Waals surface area contributed by atoms with Crippen LogP contribution in [0.1, 0.15) is 12.6 Å². The van der Waals surface area contributed by atoms with E-state index in [2.05, 4.69) is 9.88 Å². The minimum Gasteiger partial charge on any atom is -0.480 e. The van der Waals surface area contributed by atoms with E-state index in [0.717, 1.165) is 23.0 Å². The molecule has 3 rings (SSSR count). The summed E-state index contributed by atoms with van der Waals surface area (Å²) in [7, 11) is 0. The van der Waals surface area contributed by atoms with Crippen molar-refractivity contribution in [2.24, 2.45) is 0 Å². The van der Waals surface area contributed by atoms with Crippen LogP contribution in [0.4, 0.5) is 0 Å². The van der Waals surface area contributed by atoms with E-state index in [4.69, 9.17) is 14.3 Å². The molecule has 0 aromatic carbocycles. The molecule has 3 heterocycles. The number of carbonyl (C=O) groups is 1. The van der Waals surface area contributed by atoms with Gasteiger partial charge in [-0.15, -0.1) is 11.3 Å². The Morgan fingerprint density at radius 2 is 2.43 bits per heavy atom. The molecule has 112 valence electrons. The predicted octanol–water partition coefficient (Wildman–Crippen LogP) is 2.08. The minimum absolute atomic E-state index is 0.246. The number of rotatable bonds is 6. The standard InChI is InChI=1S/C14H16N2O4S/c1-14(20-6-12(17)18)8-16(9-14)5-10-7-21-13(15-10)11-3-2-4-19-11/h2-4,7H,5-6,8-9H2,1H3,(H,17,18). The van der Waals surface area contributed by atoms with Gasteiger partial charge in [-0.05, 0) is 19.1 Å². The highest BCUT2D eigenvalue weighted by Gasteiger charge is 2.40. The van der Waals surface area contributed by atoms with Crippen molar-refractivity contribution in [3.8, 4) is 10.8 Å². The number of thiazole rings is 1. The SMILES string of the molecule is CC1(OCC(=O)O)CN(Cc2csc(-c3ccco3)n2)C1. The van der Waals surface area contributed by atoms with Crippen LogP contribution >= 0.6 is 11.3 Å². The highest BCUT2D eigenvalue weighted by molar-refractivity contribution is 7.13. The summed E-state index contributed by atoms with van der Waals surface area (Å²) in [5.41, 5.74) is 0.629. The molecule has 1 N–H and O–H groups in total. The smallest absolute Gasteiger partial charge is 0.329 e. The highest BCUT2D eigenvalue weighted by Crippen LogP contribution is 2.28. The average molecular weight is 308 g/mol. The molecule has 21 heavy (non-hydrogen) atoms. The van der Waals surface area contributed by atoms with Crippen LogP contribution in [0.15, 0.2) is 28.2 Å². The van der Waals surface area contributed by atoms with Crippen molar-refractivity contribution in [3.05, 3.63) is 29.5 Å². The Morgan fingerprint density at radius 3 is 3.10 bits per heavy atom. The maximum atomic E-state index is 10.5. The Bertz CT molecular complexity index is 617. The lowest BCUT2D eigenvalue weighted by Crippen LogP contribution is -2.61. The van der Waals surface area contributed by atoms with E-state index in [-0.39, 0.29) is 12.2 Å². The van der Waals surface area contributed by atoms with E-state index in [9.17, 15) is 4.79 Å². The van der Waals surface area contributed by atoms with Crippen LogP contribution in [0, 0.1) is 0 Å². The molecule has 1 fully saturated rings. The first-order valence-corrected chi connectivity index (χ1v) is 7.48. The van der Waals surface area contributed by atoms with Crippen molar-refractivity contribution in [3.63, 3.8) is 0 Å². The normalized spacial score (nSPS) is 17.6. The molecule has 7 heteroatoms. The molecule has 0 saturated carbocycles. The number of hydrogen-bond donors (Lipinski definition) is 1. The summed E-state index contributed by atoms with van der Waals surface area (Å²) in [6.45, 7) is 3.86. The zero-order valence-corrected chi connectivity index (χ0v) is 12.4. The fourth-order valence-corrected chi connectivity index (χ4v) is 3.24. The predicted molar refractivity (Wildman–Crippen MR) is 77.1 cm³/mol. The largest absolute Gasteiger partial charge is 0.480 e. The van der Waals surface area contributed by atoms with Crippen LogP contribution in [0.3, 0.4) is 0 Å². The summed E-state index contributed by atoms with van der Waals surface area (Å²) in [5, 5.41) is 11.5. The number of carboxylic acids is 1. The molecule has 0 bridgehead atoms. The number of aliphatic carboxylic acids is 1. The lowest BCUT2D eigenvalue weighted by Gasteiger charge is -2.47. The first-order chi connectivity index (χ1) is 10.0. The fraction of sp³-hybridized carbons (Fsp3) is 0.429. The molecule has 0 atom stereocenters. The van der Waals surface area contributed by atoms with Crippen LogP contribution in [0.5, 0.6) is 0 Å². The number of furan rings is 1. The third kappa shape index (κ3) is 3.31. The lowest BCUT2D eigenvalue weighted by molar-refractivity contribution is -0.165. The van der Waals surface area contributed by atoms with Gasteiger partial charge in [0.05, 0.1) is 17.6 Å².